The minimum Gasteiger partial charge on any atom is -0.478 e. The number of rotatable bonds is 3. The molecule has 0 bridgehead atoms. The lowest BCUT2D eigenvalue weighted by molar-refractivity contribution is 0.0697. The van der Waals surface area contributed by atoms with Crippen LogP contribution in [0.1, 0.15) is 63.2 Å². The number of benzene rings is 1. The van der Waals surface area contributed by atoms with Gasteiger partial charge in [0, 0.05) is 11.7 Å². The van der Waals surface area contributed by atoms with E-state index in [4.69, 9.17) is 5.11 Å². The summed E-state index contributed by atoms with van der Waals surface area (Å²) < 4.78 is 0. The van der Waals surface area contributed by atoms with Crippen LogP contribution >= 0.6 is 0 Å². The largest absolute Gasteiger partial charge is 0.478 e. The Hall–Kier alpha value is -1.51. The molecule has 0 aromatic heterocycles. The average Bonchev–Trinajstić information content (AvgIpc) is 2.64. The number of aromatic carboxylic acids is 1. The molecule has 1 aromatic rings. The summed E-state index contributed by atoms with van der Waals surface area (Å²) in [4.78, 5) is 10.9. The minimum absolute atomic E-state index is 0.342. The molecule has 3 nitrogen and oxygen atoms in total. The molecule has 3 heteroatoms. The van der Waals surface area contributed by atoms with Crippen molar-refractivity contribution < 1.29 is 9.90 Å². The van der Waals surface area contributed by atoms with Gasteiger partial charge < -0.3 is 10.4 Å². The molecule has 0 saturated heterocycles. The van der Waals surface area contributed by atoms with Crippen molar-refractivity contribution in [2.75, 3.05) is 5.32 Å². The summed E-state index contributed by atoms with van der Waals surface area (Å²) in [5.74, 6) is -0.0669. The van der Waals surface area contributed by atoms with E-state index in [-0.39, 0.29) is 0 Å². The second-order valence-corrected chi connectivity index (χ2v) is 7.29. The molecule has 2 unspecified atom stereocenters. The van der Waals surface area contributed by atoms with Crippen LogP contribution in [0.2, 0.25) is 0 Å². The third kappa shape index (κ3) is 4.48. The molecule has 1 aliphatic rings. The SMILES string of the molecule is CC(C)(C)C1CCCC(Nc2ccc(C(=O)O)cc2)CC1. The predicted octanol–water partition coefficient (Wildman–Crippen LogP) is 4.79. The van der Waals surface area contributed by atoms with Crippen molar-refractivity contribution in [1.29, 1.82) is 0 Å². The highest BCUT2D eigenvalue weighted by Gasteiger charge is 2.27. The summed E-state index contributed by atoms with van der Waals surface area (Å²) >= 11 is 0. The molecule has 1 fully saturated rings. The molecule has 0 radical (unpaired) electrons. The third-order valence-corrected chi connectivity index (χ3v) is 4.70. The standard InChI is InChI=1S/C18H27NO2/c1-18(2,3)14-5-4-6-15(12-9-14)19-16-10-7-13(8-11-16)17(20)21/h7-8,10-11,14-15,19H,4-6,9,12H2,1-3H3,(H,20,21). The van der Waals surface area contributed by atoms with Crippen LogP contribution < -0.4 is 5.32 Å². The molecule has 0 amide bonds. The first kappa shape index (κ1) is 15.9. The Labute approximate surface area is 127 Å². The molecule has 116 valence electrons. The Balaban J connectivity index is 1.93. The topological polar surface area (TPSA) is 49.3 Å². The zero-order chi connectivity index (χ0) is 15.5. The van der Waals surface area contributed by atoms with Gasteiger partial charge in [0.25, 0.3) is 0 Å². The Morgan fingerprint density at radius 3 is 2.33 bits per heavy atom. The lowest BCUT2D eigenvalue weighted by atomic mass is 9.76. The maximum atomic E-state index is 10.9. The van der Waals surface area contributed by atoms with Crippen molar-refractivity contribution in [2.45, 2.75) is 58.9 Å². The van der Waals surface area contributed by atoms with E-state index >= 15 is 0 Å². The molecule has 2 atom stereocenters. The van der Waals surface area contributed by atoms with Crippen LogP contribution in [-0.2, 0) is 0 Å². The number of carbonyl (C=O) groups is 1. The molecule has 1 aliphatic carbocycles. The van der Waals surface area contributed by atoms with Crippen molar-refractivity contribution in [3.8, 4) is 0 Å². The van der Waals surface area contributed by atoms with Gasteiger partial charge in [0.15, 0.2) is 0 Å². The van der Waals surface area contributed by atoms with Crippen LogP contribution in [0.4, 0.5) is 5.69 Å². The Morgan fingerprint density at radius 2 is 1.76 bits per heavy atom. The van der Waals surface area contributed by atoms with Gasteiger partial charge in [-0.2, -0.15) is 0 Å². The van der Waals surface area contributed by atoms with E-state index in [1.807, 2.05) is 12.1 Å². The fourth-order valence-corrected chi connectivity index (χ4v) is 3.26. The van der Waals surface area contributed by atoms with Crippen LogP contribution in [0.15, 0.2) is 24.3 Å². The van der Waals surface area contributed by atoms with E-state index in [2.05, 4.69) is 26.1 Å². The second kappa shape index (κ2) is 6.50. The van der Waals surface area contributed by atoms with Crippen molar-refractivity contribution in [1.82, 2.24) is 0 Å². The second-order valence-electron chi connectivity index (χ2n) is 7.29. The number of carboxylic acid groups (broad SMARTS) is 1. The molecule has 0 aliphatic heterocycles. The van der Waals surface area contributed by atoms with Gasteiger partial charge in [0.2, 0.25) is 0 Å². The van der Waals surface area contributed by atoms with Crippen LogP contribution in [0, 0.1) is 11.3 Å². The maximum absolute atomic E-state index is 10.9. The molecule has 0 heterocycles. The van der Waals surface area contributed by atoms with Gasteiger partial charge in [-0.3, -0.25) is 0 Å². The number of hydrogen-bond acceptors (Lipinski definition) is 2. The summed E-state index contributed by atoms with van der Waals surface area (Å²) in [6, 6.07) is 7.58. The first-order valence-electron chi connectivity index (χ1n) is 7.96. The molecule has 21 heavy (non-hydrogen) atoms. The van der Waals surface area contributed by atoms with E-state index in [1.54, 1.807) is 12.1 Å². The molecule has 2 N–H and O–H groups in total. The highest BCUT2D eigenvalue weighted by Crippen LogP contribution is 2.37. The average molecular weight is 289 g/mol. The molecular weight excluding hydrogens is 262 g/mol. The van der Waals surface area contributed by atoms with Crippen LogP contribution in [0.3, 0.4) is 0 Å². The highest BCUT2D eigenvalue weighted by atomic mass is 16.4. The zero-order valence-corrected chi connectivity index (χ0v) is 13.4. The molecule has 2 rings (SSSR count). The number of hydrogen-bond donors (Lipinski definition) is 2. The van der Waals surface area contributed by atoms with Gasteiger partial charge in [0.1, 0.15) is 0 Å². The number of carboxylic acids is 1. The summed E-state index contributed by atoms with van der Waals surface area (Å²) in [6.45, 7) is 7.03. The molecule has 1 saturated carbocycles. The summed E-state index contributed by atoms with van der Waals surface area (Å²) in [6.07, 6.45) is 6.26. The van der Waals surface area contributed by atoms with Crippen molar-refractivity contribution in [3.05, 3.63) is 29.8 Å². The monoisotopic (exact) mass is 289 g/mol. The summed E-state index contributed by atoms with van der Waals surface area (Å²) in [7, 11) is 0. The summed E-state index contributed by atoms with van der Waals surface area (Å²) in [5.41, 5.74) is 1.77. The van der Waals surface area contributed by atoms with Crippen LogP contribution in [0.5, 0.6) is 0 Å². The fourth-order valence-electron chi connectivity index (χ4n) is 3.26. The lowest BCUT2D eigenvalue weighted by Crippen LogP contribution is -2.21. The highest BCUT2D eigenvalue weighted by molar-refractivity contribution is 5.87. The Morgan fingerprint density at radius 1 is 1.10 bits per heavy atom. The van der Waals surface area contributed by atoms with Gasteiger partial charge in [-0.15, -0.1) is 0 Å². The quantitative estimate of drug-likeness (QED) is 0.786. The Bertz CT molecular complexity index is 473. The molecular formula is C18H27NO2. The smallest absolute Gasteiger partial charge is 0.335 e. The van der Waals surface area contributed by atoms with Crippen molar-refractivity contribution in [3.63, 3.8) is 0 Å². The van der Waals surface area contributed by atoms with E-state index in [0.29, 0.717) is 17.0 Å². The zero-order valence-electron chi connectivity index (χ0n) is 13.4. The van der Waals surface area contributed by atoms with E-state index in [0.717, 1.165) is 11.6 Å². The van der Waals surface area contributed by atoms with Crippen molar-refractivity contribution in [2.24, 2.45) is 11.3 Å². The van der Waals surface area contributed by atoms with Gasteiger partial charge in [-0.25, -0.2) is 4.79 Å². The van der Waals surface area contributed by atoms with E-state index < -0.39 is 5.97 Å². The number of nitrogens with one attached hydrogen (secondary N) is 1. The number of anilines is 1. The molecule has 1 aromatic carbocycles. The molecule has 0 spiro atoms. The van der Waals surface area contributed by atoms with E-state index in [9.17, 15) is 4.79 Å². The predicted molar refractivity (Wildman–Crippen MR) is 86.8 cm³/mol. The first-order chi connectivity index (χ1) is 9.86. The van der Waals surface area contributed by atoms with Crippen molar-refractivity contribution >= 4 is 11.7 Å². The lowest BCUT2D eigenvalue weighted by Gasteiger charge is -2.29. The maximum Gasteiger partial charge on any atom is 0.335 e. The third-order valence-electron chi connectivity index (χ3n) is 4.70. The van der Waals surface area contributed by atoms with Gasteiger partial charge in [0.05, 0.1) is 5.56 Å². The summed E-state index contributed by atoms with van der Waals surface area (Å²) in [5, 5.41) is 12.5. The minimum atomic E-state index is -0.871. The van der Waals surface area contributed by atoms with E-state index in [1.165, 1.54) is 32.1 Å². The van der Waals surface area contributed by atoms with Gasteiger partial charge in [-0.1, -0.05) is 27.2 Å². The van der Waals surface area contributed by atoms with Gasteiger partial charge >= 0.3 is 5.97 Å². The Kier molecular flexibility index (Phi) is 4.92. The normalized spacial score (nSPS) is 23.4. The first-order valence-corrected chi connectivity index (χ1v) is 7.96. The fraction of sp³-hybridized carbons (Fsp3) is 0.611. The van der Waals surface area contributed by atoms with Gasteiger partial charge in [-0.05, 0) is 61.3 Å². The van der Waals surface area contributed by atoms with Crippen LogP contribution in [-0.4, -0.2) is 17.1 Å². The van der Waals surface area contributed by atoms with Crippen LogP contribution in [0.25, 0.3) is 0 Å².